The van der Waals surface area contributed by atoms with E-state index in [2.05, 4.69) is 5.32 Å². The first-order valence-electron chi connectivity index (χ1n) is 6.19. The third kappa shape index (κ3) is 2.19. The van der Waals surface area contributed by atoms with Crippen molar-refractivity contribution >= 4 is 11.6 Å². The van der Waals surface area contributed by atoms with E-state index >= 15 is 0 Å². The van der Waals surface area contributed by atoms with Gasteiger partial charge in [-0.25, -0.2) is 0 Å². The lowest BCUT2D eigenvalue weighted by molar-refractivity contribution is -0.121. The molecule has 96 valence electrons. The number of para-hydroxylation sites is 2. The molecular formula is C13H16N2O3. The summed E-state index contributed by atoms with van der Waals surface area (Å²) >= 11 is 0. The number of anilines is 1. The highest BCUT2D eigenvalue weighted by molar-refractivity contribution is 5.97. The van der Waals surface area contributed by atoms with Gasteiger partial charge in [0.25, 0.3) is 5.91 Å². The number of benzene rings is 1. The Morgan fingerprint density at radius 2 is 2.28 bits per heavy atom. The van der Waals surface area contributed by atoms with Gasteiger partial charge in [0.1, 0.15) is 5.75 Å². The SMILES string of the molecule is O=C1COc2ccccc2N1CC1CNCCO1. The minimum absolute atomic E-state index is 0.0112. The van der Waals surface area contributed by atoms with Gasteiger partial charge in [-0.05, 0) is 12.1 Å². The molecule has 1 fully saturated rings. The molecule has 0 aromatic heterocycles. The van der Waals surface area contributed by atoms with Crippen LogP contribution >= 0.6 is 0 Å². The van der Waals surface area contributed by atoms with Crippen molar-refractivity contribution in [1.29, 1.82) is 0 Å². The molecule has 1 unspecified atom stereocenters. The first kappa shape index (κ1) is 11.5. The number of nitrogens with one attached hydrogen (secondary N) is 1. The van der Waals surface area contributed by atoms with E-state index in [0.717, 1.165) is 24.5 Å². The molecule has 0 spiro atoms. The van der Waals surface area contributed by atoms with Crippen LogP contribution in [-0.2, 0) is 9.53 Å². The van der Waals surface area contributed by atoms with Gasteiger partial charge in [-0.3, -0.25) is 4.79 Å². The molecule has 0 radical (unpaired) electrons. The molecule has 1 saturated heterocycles. The number of hydrogen-bond acceptors (Lipinski definition) is 4. The van der Waals surface area contributed by atoms with Gasteiger partial charge in [0, 0.05) is 13.1 Å². The maximum atomic E-state index is 12.0. The maximum absolute atomic E-state index is 12.0. The molecular weight excluding hydrogens is 232 g/mol. The van der Waals surface area contributed by atoms with Crippen molar-refractivity contribution in [3.05, 3.63) is 24.3 Å². The van der Waals surface area contributed by atoms with E-state index in [1.807, 2.05) is 24.3 Å². The van der Waals surface area contributed by atoms with E-state index in [9.17, 15) is 4.79 Å². The van der Waals surface area contributed by atoms with Crippen LogP contribution < -0.4 is 15.0 Å². The van der Waals surface area contributed by atoms with E-state index in [0.29, 0.717) is 13.2 Å². The molecule has 18 heavy (non-hydrogen) atoms. The van der Waals surface area contributed by atoms with Crippen LogP contribution in [0.2, 0.25) is 0 Å². The van der Waals surface area contributed by atoms with Gasteiger partial charge < -0.3 is 19.7 Å². The molecule has 5 heteroatoms. The van der Waals surface area contributed by atoms with Crippen molar-refractivity contribution in [2.24, 2.45) is 0 Å². The van der Waals surface area contributed by atoms with Crippen molar-refractivity contribution in [3.8, 4) is 5.75 Å². The number of hydrogen-bond donors (Lipinski definition) is 1. The summed E-state index contributed by atoms with van der Waals surface area (Å²) in [6.07, 6.45) is 0.0499. The number of amides is 1. The highest BCUT2D eigenvalue weighted by Crippen LogP contribution is 2.31. The third-order valence-corrected chi connectivity index (χ3v) is 3.20. The fraction of sp³-hybridized carbons (Fsp3) is 0.462. The van der Waals surface area contributed by atoms with Crippen LogP contribution in [0.1, 0.15) is 0 Å². The zero-order chi connectivity index (χ0) is 12.4. The van der Waals surface area contributed by atoms with Crippen molar-refractivity contribution in [2.75, 3.05) is 37.7 Å². The third-order valence-electron chi connectivity index (χ3n) is 3.20. The summed E-state index contributed by atoms with van der Waals surface area (Å²) in [6.45, 7) is 3.05. The highest BCUT2D eigenvalue weighted by atomic mass is 16.5. The lowest BCUT2D eigenvalue weighted by atomic mass is 10.2. The maximum Gasteiger partial charge on any atom is 0.265 e. The summed E-state index contributed by atoms with van der Waals surface area (Å²) in [7, 11) is 0. The van der Waals surface area contributed by atoms with Gasteiger partial charge in [-0.2, -0.15) is 0 Å². The predicted octanol–water partition coefficient (Wildman–Crippen LogP) is 0.400. The standard InChI is InChI=1S/C13H16N2O3/c16-13-9-18-12-4-2-1-3-11(12)15(13)8-10-7-14-5-6-17-10/h1-4,10,14H,5-9H2. The van der Waals surface area contributed by atoms with E-state index in [-0.39, 0.29) is 18.6 Å². The van der Waals surface area contributed by atoms with Gasteiger partial charge in [0.05, 0.1) is 24.9 Å². The molecule has 1 amide bonds. The number of carbonyl (C=O) groups is 1. The van der Waals surface area contributed by atoms with Crippen molar-refractivity contribution in [3.63, 3.8) is 0 Å². The Balaban J connectivity index is 1.79. The topological polar surface area (TPSA) is 50.8 Å². The monoisotopic (exact) mass is 248 g/mol. The van der Waals surface area contributed by atoms with E-state index < -0.39 is 0 Å². The van der Waals surface area contributed by atoms with Crippen LogP contribution in [0.5, 0.6) is 5.75 Å². The van der Waals surface area contributed by atoms with Gasteiger partial charge >= 0.3 is 0 Å². The normalized spacial score (nSPS) is 23.4. The first-order chi connectivity index (χ1) is 8.84. The summed E-state index contributed by atoms with van der Waals surface area (Å²) in [5.74, 6) is 0.753. The summed E-state index contributed by atoms with van der Waals surface area (Å²) in [6, 6.07) is 7.61. The molecule has 2 aliphatic rings. The van der Waals surface area contributed by atoms with Crippen molar-refractivity contribution < 1.29 is 14.3 Å². The lowest BCUT2D eigenvalue weighted by Gasteiger charge is -2.33. The molecule has 2 aliphatic heterocycles. The van der Waals surface area contributed by atoms with E-state index in [4.69, 9.17) is 9.47 Å². The highest BCUT2D eigenvalue weighted by Gasteiger charge is 2.28. The molecule has 5 nitrogen and oxygen atoms in total. The van der Waals surface area contributed by atoms with E-state index in [1.165, 1.54) is 0 Å². The quantitative estimate of drug-likeness (QED) is 0.823. The van der Waals surface area contributed by atoms with Crippen LogP contribution in [0.3, 0.4) is 0 Å². The average molecular weight is 248 g/mol. The second kappa shape index (κ2) is 4.96. The fourth-order valence-corrected chi connectivity index (χ4v) is 2.29. The Labute approximate surface area is 106 Å². The smallest absolute Gasteiger partial charge is 0.265 e. The Kier molecular flexibility index (Phi) is 3.17. The predicted molar refractivity (Wildman–Crippen MR) is 66.9 cm³/mol. The summed E-state index contributed by atoms with van der Waals surface area (Å²) in [5.41, 5.74) is 0.836. The Bertz CT molecular complexity index is 444. The molecule has 1 atom stereocenters. The summed E-state index contributed by atoms with van der Waals surface area (Å²) in [4.78, 5) is 13.7. The second-order valence-corrected chi connectivity index (χ2v) is 4.46. The van der Waals surface area contributed by atoms with Crippen LogP contribution in [0, 0.1) is 0 Å². The van der Waals surface area contributed by atoms with Gasteiger partial charge in [0.2, 0.25) is 0 Å². The second-order valence-electron chi connectivity index (χ2n) is 4.46. The first-order valence-corrected chi connectivity index (χ1v) is 6.19. The summed E-state index contributed by atoms with van der Waals surface area (Å²) in [5, 5.41) is 3.27. The van der Waals surface area contributed by atoms with Gasteiger partial charge in [0.15, 0.2) is 6.61 Å². The average Bonchev–Trinajstić information content (AvgIpc) is 2.43. The van der Waals surface area contributed by atoms with Crippen LogP contribution in [-0.4, -0.2) is 44.9 Å². The largest absolute Gasteiger partial charge is 0.482 e. The minimum Gasteiger partial charge on any atom is -0.482 e. The number of carbonyl (C=O) groups excluding carboxylic acids is 1. The van der Waals surface area contributed by atoms with Crippen LogP contribution in [0.4, 0.5) is 5.69 Å². The number of fused-ring (bicyclic) bond motifs is 1. The Morgan fingerprint density at radius 3 is 3.11 bits per heavy atom. The van der Waals surface area contributed by atoms with Gasteiger partial charge in [-0.1, -0.05) is 12.1 Å². The molecule has 1 aromatic carbocycles. The zero-order valence-corrected chi connectivity index (χ0v) is 10.1. The molecule has 2 heterocycles. The number of rotatable bonds is 2. The fourth-order valence-electron chi connectivity index (χ4n) is 2.29. The molecule has 1 aromatic rings. The number of ether oxygens (including phenoxy) is 2. The van der Waals surface area contributed by atoms with Crippen LogP contribution in [0.15, 0.2) is 24.3 Å². The Hall–Kier alpha value is -1.59. The Morgan fingerprint density at radius 1 is 1.39 bits per heavy atom. The van der Waals surface area contributed by atoms with Crippen molar-refractivity contribution in [2.45, 2.75) is 6.10 Å². The number of nitrogens with zero attached hydrogens (tertiary/aromatic N) is 1. The summed E-state index contributed by atoms with van der Waals surface area (Å²) < 4.78 is 11.1. The lowest BCUT2D eigenvalue weighted by Crippen LogP contribution is -2.49. The molecule has 0 saturated carbocycles. The zero-order valence-electron chi connectivity index (χ0n) is 10.1. The van der Waals surface area contributed by atoms with E-state index in [1.54, 1.807) is 4.90 Å². The molecule has 3 rings (SSSR count). The van der Waals surface area contributed by atoms with Gasteiger partial charge in [-0.15, -0.1) is 0 Å². The minimum atomic E-state index is -0.0112. The molecule has 1 N–H and O–H groups in total. The van der Waals surface area contributed by atoms with Crippen LogP contribution in [0.25, 0.3) is 0 Å². The molecule has 0 bridgehead atoms. The van der Waals surface area contributed by atoms with Crippen molar-refractivity contribution in [1.82, 2.24) is 5.32 Å². The molecule has 0 aliphatic carbocycles. The number of morpholine rings is 1.